The summed E-state index contributed by atoms with van der Waals surface area (Å²) >= 11 is 6.30. The monoisotopic (exact) mass is 389 g/mol. The smallest absolute Gasteiger partial charge is 0.287 e. The predicted octanol–water partition coefficient (Wildman–Crippen LogP) is 2.06. The number of hydrogen-bond acceptors (Lipinski definition) is 4. The summed E-state index contributed by atoms with van der Waals surface area (Å²) in [4.78, 5) is 20.7. The van der Waals surface area contributed by atoms with Crippen LogP contribution in [-0.4, -0.2) is 63.1 Å². The first kappa shape index (κ1) is 19.1. The predicted molar refractivity (Wildman–Crippen MR) is 108 cm³/mol. The van der Waals surface area contributed by atoms with E-state index in [-0.39, 0.29) is 5.91 Å². The summed E-state index contributed by atoms with van der Waals surface area (Å²) in [5.41, 5.74) is 1.07. The summed E-state index contributed by atoms with van der Waals surface area (Å²) in [7, 11) is 1.77. The van der Waals surface area contributed by atoms with Crippen LogP contribution in [-0.2, 0) is 0 Å². The lowest BCUT2D eigenvalue weighted by Crippen LogP contribution is -2.53. The maximum absolute atomic E-state index is 11.8. The second-order valence-corrected chi connectivity index (χ2v) is 6.54. The molecule has 0 radical (unpaired) electrons. The average Bonchev–Trinajstić information content (AvgIpc) is 3.24. The lowest BCUT2D eigenvalue weighted by atomic mass is 10.2. The van der Waals surface area contributed by atoms with Crippen LogP contribution < -0.4 is 15.5 Å². The van der Waals surface area contributed by atoms with E-state index in [0.717, 1.165) is 42.8 Å². The first-order valence-electron chi connectivity index (χ1n) is 8.96. The van der Waals surface area contributed by atoms with Gasteiger partial charge in [-0.15, -0.1) is 0 Å². The number of carbonyl (C=O) groups is 1. The van der Waals surface area contributed by atoms with Crippen LogP contribution in [0.3, 0.4) is 0 Å². The Morgan fingerprint density at radius 2 is 1.85 bits per heavy atom. The van der Waals surface area contributed by atoms with Crippen LogP contribution >= 0.6 is 11.6 Å². The molecule has 1 aliphatic rings. The van der Waals surface area contributed by atoms with E-state index in [1.54, 1.807) is 19.2 Å². The van der Waals surface area contributed by atoms with Gasteiger partial charge in [-0.2, -0.15) is 0 Å². The van der Waals surface area contributed by atoms with E-state index in [9.17, 15) is 4.79 Å². The molecule has 144 valence electrons. The zero-order valence-electron chi connectivity index (χ0n) is 15.3. The molecule has 0 atom stereocenters. The number of rotatable bonds is 5. The Kier molecular flexibility index (Phi) is 6.59. The van der Waals surface area contributed by atoms with Crippen molar-refractivity contribution in [3.63, 3.8) is 0 Å². The number of hydrogen-bond donors (Lipinski definition) is 2. The van der Waals surface area contributed by atoms with Gasteiger partial charge < -0.3 is 24.9 Å². The van der Waals surface area contributed by atoms with Crippen molar-refractivity contribution in [1.29, 1.82) is 0 Å². The molecule has 2 N–H and O–H groups in total. The van der Waals surface area contributed by atoms with Crippen molar-refractivity contribution >= 4 is 29.2 Å². The van der Waals surface area contributed by atoms with Crippen LogP contribution in [0.15, 0.2) is 52.1 Å². The molecule has 3 rings (SSSR count). The summed E-state index contributed by atoms with van der Waals surface area (Å²) in [6, 6.07) is 11.2. The molecule has 1 fully saturated rings. The number of benzene rings is 1. The molecule has 1 saturated heterocycles. The number of anilines is 1. The average molecular weight is 390 g/mol. The molecule has 1 aromatic carbocycles. The molecule has 1 aromatic heterocycles. The van der Waals surface area contributed by atoms with Crippen molar-refractivity contribution in [2.75, 3.05) is 51.2 Å². The third-order valence-electron chi connectivity index (χ3n) is 4.42. The van der Waals surface area contributed by atoms with Gasteiger partial charge in [0, 0.05) is 46.3 Å². The number of nitrogens with one attached hydrogen (secondary N) is 2. The Morgan fingerprint density at radius 3 is 2.52 bits per heavy atom. The van der Waals surface area contributed by atoms with E-state index < -0.39 is 0 Å². The second-order valence-electron chi connectivity index (χ2n) is 6.13. The molecular weight excluding hydrogens is 366 g/mol. The van der Waals surface area contributed by atoms with E-state index in [1.807, 2.05) is 24.3 Å². The van der Waals surface area contributed by atoms with Crippen molar-refractivity contribution in [3.8, 4) is 0 Å². The Balaban J connectivity index is 1.42. The Labute approximate surface area is 164 Å². The maximum atomic E-state index is 11.8. The molecule has 0 unspecified atom stereocenters. The number of aliphatic imine (C=N–C) groups is 1. The Hall–Kier alpha value is -2.67. The molecular formula is C19H24ClN5O2. The van der Waals surface area contributed by atoms with Gasteiger partial charge in [0.1, 0.15) is 0 Å². The minimum Gasteiger partial charge on any atom is -0.459 e. The normalized spacial score (nSPS) is 15.0. The highest BCUT2D eigenvalue weighted by Gasteiger charge is 2.20. The van der Waals surface area contributed by atoms with E-state index in [4.69, 9.17) is 16.0 Å². The number of para-hydroxylation sites is 1. The van der Waals surface area contributed by atoms with Crippen LogP contribution in [0.4, 0.5) is 5.69 Å². The quantitative estimate of drug-likeness (QED) is 0.465. The number of amides is 1. The zero-order valence-corrected chi connectivity index (χ0v) is 16.1. The lowest BCUT2D eigenvalue weighted by molar-refractivity contribution is 0.0926. The summed E-state index contributed by atoms with van der Waals surface area (Å²) in [5, 5.41) is 6.88. The fourth-order valence-electron chi connectivity index (χ4n) is 3.04. The highest BCUT2D eigenvalue weighted by Crippen LogP contribution is 2.25. The van der Waals surface area contributed by atoms with Crippen LogP contribution in [0.25, 0.3) is 0 Å². The molecule has 0 bridgehead atoms. The molecule has 0 spiro atoms. The summed E-state index contributed by atoms with van der Waals surface area (Å²) in [5.74, 6) is 0.932. The number of guanidine groups is 1. The number of carbonyl (C=O) groups excluding carboxylic acids is 1. The van der Waals surface area contributed by atoms with Gasteiger partial charge in [-0.25, -0.2) is 0 Å². The maximum Gasteiger partial charge on any atom is 0.287 e. The zero-order chi connectivity index (χ0) is 19.1. The summed E-state index contributed by atoms with van der Waals surface area (Å²) < 4.78 is 5.07. The van der Waals surface area contributed by atoms with E-state index >= 15 is 0 Å². The minimum absolute atomic E-state index is 0.217. The van der Waals surface area contributed by atoms with Gasteiger partial charge in [-0.1, -0.05) is 23.7 Å². The van der Waals surface area contributed by atoms with Gasteiger partial charge in [0.25, 0.3) is 5.91 Å². The molecule has 8 heteroatoms. The van der Waals surface area contributed by atoms with Crippen LogP contribution in [0.1, 0.15) is 10.6 Å². The molecule has 2 heterocycles. The molecule has 0 saturated carbocycles. The second kappa shape index (κ2) is 9.32. The van der Waals surface area contributed by atoms with Gasteiger partial charge in [0.15, 0.2) is 11.7 Å². The number of nitrogens with zero attached hydrogens (tertiary/aromatic N) is 3. The first-order valence-corrected chi connectivity index (χ1v) is 9.33. The van der Waals surface area contributed by atoms with Gasteiger partial charge in [0.2, 0.25) is 0 Å². The van der Waals surface area contributed by atoms with Crippen molar-refractivity contribution in [2.45, 2.75) is 0 Å². The number of piperazine rings is 1. The largest absolute Gasteiger partial charge is 0.459 e. The first-order chi connectivity index (χ1) is 13.2. The summed E-state index contributed by atoms with van der Waals surface area (Å²) in [6.45, 7) is 4.52. The third-order valence-corrected chi connectivity index (χ3v) is 4.74. The van der Waals surface area contributed by atoms with Gasteiger partial charge in [-0.3, -0.25) is 9.79 Å². The van der Waals surface area contributed by atoms with Crippen molar-refractivity contribution < 1.29 is 9.21 Å². The van der Waals surface area contributed by atoms with E-state index in [1.165, 1.54) is 6.26 Å². The summed E-state index contributed by atoms with van der Waals surface area (Å²) in [6.07, 6.45) is 1.48. The minimum atomic E-state index is -0.217. The van der Waals surface area contributed by atoms with E-state index in [0.29, 0.717) is 18.8 Å². The lowest BCUT2D eigenvalue weighted by Gasteiger charge is -2.38. The SMILES string of the molecule is CN=C(NCCNC(=O)c1ccco1)N1CCN(c2ccccc2Cl)CC1. The molecule has 2 aromatic rings. The van der Waals surface area contributed by atoms with Crippen LogP contribution in [0.5, 0.6) is 0 Å². The van der Waals surface area contributed by atoms with E-state index in [2.05, 4.69) is 25.4 Å². The Bertz CT molecular complexity index is 770. The molecule has 7 nitrogen and oxygen atoms in total. The van der Waals surface area contributed by atoms with Crippen molar-refractivity contribution in [3.05, 3.63) is 53.4 Å². The number of halogens is 1. The topological polar surface area (TPSA) is 73.1 Å². The fraction of sp³-hybridized carbons (Fsp3) is 0.368. The van der Waals surface area contributed by atoms with Gasteiger partial charge >= 0.3 is 0 Å². The molecule has 0 aliphatic carbocycles. The molecule has 27 heavy (non-hydrogen) atoms. The highest BCUT2D eigenvalue weighted by atomic mass is 35.5. The van der Waals surface area contributed by atoms with Crippen molar-refractivity contribution in [2.24, 2.45) is 4.99 Å². The van der Waals surface area contributed by atoms with Gasteiger partial charge in [-0.05, 0) is 24.3 Å². The molecule has 1 aliphatic heterocycles. The van der Waals surface area contributed by atoms with Crippen LogP contribution in [0.2, 0.25) is 5.02 Å². The van der Waals surface area contributed by atoms with Gasteiger partial charge in [0.05, 0.1) is 17.0 Å². The third kappa shape index (κ3) is 4.95. The van der Waals surface area contributed by atoms with Crippen molar-refractivity contribution in [1.82, 2.24) is 15.5 Å². The fourth-order valence-corrected chi connectivity index (χ4v) is 3.30. The number of furan rings is 1. The highest BCUT2D eigenvalue weighted by molar-refractivity contribution is 6.33. The molecule has 1 amide bonds. The van der Waals surface area contributed by atoms with Crippen LogP contribution in [0, 0.1) is 0 Å². The Morgan fingerprint density at radius 1 is 1.11 bits per heavy atom. The standard InChI is InChI=1S/C19H24ClN5O2/c1-21-19(23-9-8-22-18(26)17-7-4-14-27-17)25-12-10-24(11-13-25)16-6-3-2-5-15(16)20/h2-7,14H,8-13H2,1H3,(H,21,23)(H,22,26).